The number of alkyl halides is 3. The summed E-state index contributed by atoms with van der Waals surface area (Å²) < 4.78 is 42.7. The number of piperazine rings is 1. The maximum absolute atomic E-state index is 14.0. The zero-order chi connectivity index (χ0) is 23.2. The van der Waals surface area contributed by atoms with Crippen molar-refractivity contribution in [2.45, 2.75) is 13.1 Å². The van der Waals surface area contributed by atoms with Crippen molar-refractivity contribution in [3.05, 3.63) is 65.1 Å². The number of fused-ring (bicyclic) bond motifs is 1. The molecule has 4 aromatic rings. The minimum Gasteiger partial charge on any atom is -0.352 e. The standard InChI is InChI=1S/C22H19F3N6OS/c1-14-2-4-15(5-3-14)31-18(22(23,24)25)17(12-28-31)21(32)30-9-7-29(8-10-30)19-16-6-11-33-20(16)27-13-26-19/h2-6,11-13H,7-10H2,1H3. The van der Waals surface area contributed by atoms with E-state index in [9.17, 15) is 18.0 Å². The van der Waals surface area contributed by atoms with Gasteiger partial charge in [-0.2, -0.15) is 18.3 Å². The highest BCUT2D eigenvalue weighted by molar-refractivity contribution is 7.16. The van der Waals surface area contributed by atoms with E-state index in [1.807, 2.05) is 23.3 Å². The fourth-order valence-corrected chi connectivity index (χ4v) is 4.71. The fraction of sp³-hybridized carbons (Fsp3) is 0.273. The van der Waals surface area contributed by atoms with Crippen LogP contribution in [0.5, 0.6) is 0 Å². The maximum Gasteiger partial charge on any atom is 0.434 e. The van der Waals surface area contributed by atoms with Gasteiger partial charge in [0, 0.05) is 26.2 Å². The molecule has 33 heavy (non-hydrogen) atoms. The minimum absolute atomic E-state index is 0.250. The van der Waals surface area contributed by atoms with Crippen molar-refractivity contribution in [1.29, 1.82) is 0 Å². The van der Waals surface area contributed by atoms with E-state index in [1.54, 1.807) is 24.3 Å². The molecule has 0 atom stereocenters. The van der Waals surface area contributed by atoms with Crippen molar-refractivity contribution < 1.29 is 18.0 Å². The van der Waals surface area contributed by atoms with Crippen LogP contribution in [0.3, 0.4) is 0 Å². The first kappa shape index (κ1) is 21.4. The highest BCUT2D eigenvalue weighted by Gasteiger charge is 2.41. The number of hydrogen-bond acceptors (Lipinski definition) is 6. The van der Waals surface area contributed by atoms with Crippen LogP contribution in [-0.2, 0) is 6.18 Å². The largest absolute Gasteiger partial charge is 0.434 e. The van der Waals surface area contributed by atoms with Gasteiger partial charge >= 0.3 is 6.18 Å². The molecule has 7 nitrogen and oxygen atoms in total. The van der Waals surface area contributed by atoms with Gasteiger partial charge in [-0.25, -0.2) is 14.6 Å². The number of anilines is 1. The Balaban J connectivity index is 1.39. The number of halogens is 3. The third-order valence-electron chi connectivity index (χ3n) is 5.65. The number of nitrogens with zero attached hydrogens (tertiary/aromatic N) is 6. The smallest absolute Gasteiger partial charge is 0.352 e. The topological polar surface area (TPSA) is 67.2 Å². The van der Waals surface area contributed by atoms with Gasteiger partial charge in [0.2, 0.25) is 0 Å². The van der Waals surface area contributed by atoms with Crippen molar-refractivity contribution in [1.82, 2.24) is 24.6 Å². The molecule has 1 aliphatic heterocycles. The summed E-state index contributed by atoms with van der Waals surface area (Å²) in [5, 5.41) is 6.78. The molecule has 1 saturated heterocycles. The molecule has 0 saturated carbocycles. The number of benzene rings is 1. The number of amides is 1. The van der Waals surface area contributed by atoms with Gasteiger partial charge < -0.3 is 9.80 Å². The molecule has 0 spiro atoms. The molecular weight excluding hydrogens is 453 g/mol. The molecule has 3 aromatic heterocycles. The van der Waals surface area contributed by atoms with Gasteiger partial charge in [0.05, 0.1) is 22.8 Å². The molecule has 4 heterocycles. The normalized spacial score (nSPS) is 14.8. The summed E-state index contributed by atoms with van der Waals surface area (Å²) in [6.07, 6.45) is -2.23. The number of carbonyl (C=O) groups excluding carboxylic acids is 1. The van der Waals surface area contributed by atoms with Crippen LogP contribution in [0.2, 0.25) is 0 Å². The highest BCUT2D eigenvalue weighted by Crippen LogP contribution is 2.34. The molecule has 0 unspecified atom stereocenters. The number of hydrogen-bond donors (Lipinski definition) is 0. The lowest BCUT2D eigenvalue weighted by Gasteiger charge is -2.35. The lowest BCUT2D eigenvalue weighted by Crippen LogP contribution is -2.49. The summed E-state index contributed by atoms with van der Waals surface area (Å²) in [5.41, 5.74) is -0.342. The van der Waals surface area contributed by atoms with Crippen molar-refractivity contribution in [3.63, 3.8) is 0 Å². The van der Waals surface area contributed by atoms with E-state index in [2.05, 4.69) is 15.1 Å². The first-order valence-corrected chi connectivity index (χ1v) is 11.2. The fourth-order valence-electron chi connectivity index (χ4n) is 3.98. The molecule has 5 rings (SSSR count). The van der Waals surface area contributed by atoms with E-state index in [4.69, 9.17) is 0 Å². The van der Waals surface area contributed by atoms with Crippen molar-refractivity contribution in [2.75, 3.05) is 31.1 Å². The lowest BCUT2D eigenvalue weighted by atomic mass is 10.1. The van der Waals surface area contributed by atoms with Crippen LogP contribution >= 0.6 is 11.3 Å². The quantitative estimate of drug-likeness (QED) is 0.448. The van der Waals surface area contributed by atoms with Crippen LogP contribution in [-0.4, -0.2) is 56.7 Å². The first-order chi connectivity index (χ1) is 15.8. The Hall–Kier alpha value is -3.47. The Bertz CT molecular complexity index is 1310. The summed E-state index contributed by atoms with van der Waals surface area (Å²) >= 11 is 1.52. The predicted octanol–water partition coefficient (Wildman–Crippen LogP) is 4.17. The molecule has 11 heteroatoms. The molecule has 0 radical (unpaired) electrons. The second kappa shape index (κ2) is 8.14. The molecule has 1 fully saturated rings. The minimum atomic E-state index is -4.74. The molecule has 0 bridgehead atoms. The average molecular weight is 472 g/mol. The van der Waals surface area contributed by atoms with Crippen LogP contribution in [0.4, 0.5) is 19.0 Å². The van der Waals surface area contributed by atoms with Gasteiger partial charge in [0.25, 0.3) is 5.91 Å². The number of thiophene rings is 1. The van der Waals surface area contributed by atoms with Gasteiger partial charge in [0.1, 0.15) is 17.0 Å². The van der Waals surface area contributed by atoms with E-state index in [1.165, 1.54) is 22.6 Å². The molecular formula is C22H19F3N6OS. The second-order valence-corrected chi connectivity index (χ2v) is 8.66. The number of carbonyl (C=O) groups is 1. The summed E-state index contributed by atoms with van der Waals surface area (Å²) in [7, 11) is 0. The Morgan fingerprint density at radius 3 is 2.45 bits per heavy atom. The molecule has 0 aliphatic carbocycles. The predicted molar refractivity (Wildman–Crippen MR) is 119 cm³/mol. The summed E-state index contributed by atoms with van der Waals surface area (Å²) in [6, 6.07) is 8.46. The zero-order valence-electron chi connectivity index (χ0n) is 17.6. The molecule has 1 aliphatic rings. The maximum atomic E-state index is 14.0. The Labute approximate surface area is 191 Å². The summed E-state index contributed by atoms with van der Waals surface area (Å²) in [6.45, 7) is 3.32. The van der Waals surface area contributed by atoms with Crippen LogP contribution in [0.25, 0.3) is 15.9 Å². The SMILES string of the molecule is Cc1ccc(-n2ncc(C(=O)N3CCN(c4ncnc5sccc45)CC3)c2C(F)(F)F)cc1. The van der Waals surface area contributed by atoms with Crippen molar-refractivity contribution in [3.8, 4) is 5.69 Å². The average Bonchev–Trinajstić information content (AvgIpc) is 3.46. The van der Waals surface area contributed by atoms with E-state index in [-0.39, 0.29) is 18.8 Å². The Morgan fingerprint density at radius 2 is 1.76 bits per heavy atom. The Kier molecular flexibility index (Phi) is 5.28. The number of rotatable bonds is 3. The van der Waals surface area contributed by atoms with Gasteiger partial charge in [-0.15, -0.1) is 11.3 Å². The lowest BCUT2D eigenvalue weighted by molar-refractivity contribution is -0.143. The molecule has 0 N–H and O–H groups in total. The first-order valence-electron chi connectivity index (χ1n) is 10.3. The van der Waals surface area contributed by atoms with E-state index in [0.29, 0.717) is 13.1 Å². The van der Waals surface area contributed by atoms with Crippen LogP contribution in [0, 0.1) is 6.92 Å². The van der Waals surface area contributed by atoms with Crippen LogP contribution in [0.15, 0.2) is 48.2 Å². The van der Waals surface area contributed by atoms with Crippen molar-refractivity contribution in [2.24, 2.45) is 0 Å². The third-order valence-corrected chi connectivity index (χ3v) is 6.47. The van der Waals surface area contributed by atoms with Gasteiger partial charge in [-0.05, 0) is 30.5 Å². The molecule has 170 valence electrons. The van der Waals surface area contributed by atoms with Gasteiger partial charge in [0.15, 0.2) is 5.69 Å². The third kappa shape index (κ3) is 3.92. The van der Waals surface area contributed by atoms with Crippen LogP contribution in [0.1, 0.15) is 21.6 Å². The van der Waals surface area contributed by atoms with Gasteiger partial charge in [-0.1, -0.05) is 17.7 Å². The van der Waals surface area contributed by atoms with Crippen molar-refractivity contribution >= 4 is 33.3 Å². The molecule has 1 aromatic carbocycles. The zero-order valence-corrected chi connectivity index (χ0v) is 18.4. The second-order valence-electron chi connectivity index (χ2n) is 7.77. The van der Waals surface area contributed by atoms with Crippen LogP contribution < -0.4 is 4.90 Å². The summed E-state index contributed by atoms with van der Waals surface area (Å²) in [4.78, 5) is 26.1. The monoisotopic (exact) mass is 472 g/mol. The molecule has 1 amide bonds. The van der Waals surface area contributed by atoms with E-state index in [0.717, 1.165) is 32.5 Å². The number of aromatic nitrogens is 4. The number of aryl methyl sites for hydroxylation is 1. The highest BCUT2D eigenvalue weighted by atomic mass is 32.1. The van der Waals surface area contributed by atoms with Gasteiger partial charge in [-0.3, -0.25) is 4.79 Å². The van der Waals surface area contributed by atoms with E-state index >= 15 is 0 Å². The Morgan fingerprint density at radius 1 is 1.03 bits per heavy atom. The summed E-state index contributed by atoms with van der Waals surface area (Å²) in [5.74, 6) is 0.0974. The van der Waals surface area contributed by atoms with E-state index < -0.39 is 23.3 Å².